The molecule has 0 radical (unpaired) electrons. The van der Waals surface area contributed by atoms with Crippen molar-refractivity contribution in [3.05, 3.63) is 47.7 Å². The highest BCUT2D eigenvalue weighted by molar-refractivity contribution is 5.45. The number of hydrogen-bond donors (Lipinski definition) is 1. The molecular weight excluding hydrogens is 272 g/mol. The molecule has 4 heteroatoms. The van der Waals surface area contributed by atoms with Gasteiger partial charge in [-0.05, 0) is 36.8 Å². The average Bonchev–Trinajstić information content (AvgIpc) is 2.46. The minimum Gasteiger partial charge on any atom is -0.363 e. The summed E-state index contributed by atoms with van der Waals surface area (Å²) in [6.45, 7) is 10.8. The number of aromatic nitrogens is 3. The fraction of sp³-hybridized carbons (Fsp3) is 0.500. The highest BCUT2D eigenvalue weighted by atomic mass is 15.1. The van der Waals surface area contributed by atoms with Gasteiger partial charge < -0.3 is 5.32 Å². The molecular formula is C18H26N4. The third-order valence-corrected chi connectivity index (χ3v) is 3.58. The van der Waals surface area contributed by atoms with Gasteiger partial charge in [-0.2, -0.15) is 0 Å². The van der Waals surface area contributed by atoms with E-state index >= 15 is 0 Å². The van der Waals surface area contributed by atoms with Crippen LogP contribution in [-0.2, 0) is 6.42 Å². The predicted octanol–water partition coefficient (Wildman–Crippen LogP) is 4.33. The topological polar surface area (TPSA) is 50.7 Å². The van der Waals surface area contributed by atoms with E-state index in [0.717, 1.165) is 30.0 Å². The maximum atomic E-state index is 4.60. The van der Waals surface area contributed by atoms with E-state index in [4.69, 9.17) is 0 Å². The van der Waals surface area contributed by atoms with Crippen LogP contribution in [0.4, 0.5) is 5.82 Å². The van der Waals surface area contributed by atoms with E-state index in [9.17, 15) is 0 Å². The third kappa shape index (κ3) is 4.52. The van der Waals surface area contributed by atoms with Crippen LogP contribution in [0.15, 0.2) is 30.7 Å². The van der Waals surface area contributed by atoms with Crippen molar-refractivity contribution >= 4 is 5.82 Å². The number of nitrogens with one attached hydrogen (secondary N) is 1. The number of nitrogens with zero attached hydrogens (tertiary/aromatic N) is 3. The van der Waals surface area contributed by atoms with Gasteiger partial charge in [-0.3, -0.25) is 4.98 Å². The highest BCUT2D eigenvalue weighted by Gasteiger charge is 2.21. The molecule has 0 amide bonds. The standard InChI is InChI=1S/C18H26N4/c1-6-14-12-20-13(2)21-17(14)22-16(10-18(3,4)5)15-8-7-9-19-11-15/h7-9,11-12,16H,6,10H2,1-5H3,(H,20,21,22). The van der Waals surface area contributed by atoms with Gasteiger partial charge in [0.1, 0.15) is 11.6 Å². The Balaban J connectivity index is 2.33. The van der Waals surface area contributed by atoms with Crippen molar-refractivity contribution in [1.82, 2.24) is 15.0 Å². The Bertz CT molecular complexity index is 602. The first kappa shape index (κ1) is 16.4. The normalized spacial score (nSPS) is 13.0. The summed E-state index contributed by atoms with van der Waals surface area (Å²) in [5.41, 5.74) is 2.55. The van der Waals surface area contributed by atoms with Crippen LogP contribution >= 0.6 is 0 Å². The summed E-state index contributed by atoms with van der Waals surface area (Å²) in [5.74, 6) is 1.73. The molecule has 1 unspecified atom stereocenters. The van der Waals surface area contributed by atoms with Crippen molar-refractivity contribution < 1.29 is 0 Å². The van der Waals surface area contributed by atoms with Crippen LogP contribution in [0.3, 0.4) is 0 Å². The smallest absolute Gasteiger partial charge is 0.133 e. The maximum absolute atomic E-state index is 4.60. The predicted molar refractivity (Wildman–Crippen MR) is 90.8 cm³/mol. The molecule has 22 heavy (non-hydrogen) atoms. The molecule has 118 valence electrons. The molecule has 0 aliphatic heterocycles. The molecule has 0 aliphatic carbocycles. The molecule has 0 aliphatic rings. The van der Waals surface area contributed by atoms with Crippen LogP contribution in [0.25, 0.3) is 0 Å². The zero-order chi connectivity index (χ0) is 16.2. The summed E-state index contributed by atoms with van der Waals surface area (Å²) in [5, 5.41) is 3.62. The summed E-state index contributed by atoms with van der Waals surface area (Å²) in [6, 6.07) is 4.29. The minimum atomic E-state index is 0.188. The minimum absolute atomic E-state index is 0.188. The van der Waals surface area contributed by atoms with Crippen LogP contribution in [0.1, 0.15) is 57.1 Å². The molecule has 0 fully saturated rings. The molecule has 0 bridgehead atoms. The van der Waals surface area contributed by atoms with E-state index in [1.54, 1.807) is 0 Å². The largest absolute Gasteiger partial charge is 0.363 e. The van der Waals surface area contributed by atoms with Gasteiger partial charge in [0.05, 0.1) is 6.04 Å². The van der Waals surface area contributed by atoms with Gasteiger partial charge in [0, 0.05) is 24.2 Å². The summed E-state index contributed by atoms with van der Waals surface area (Å²) in [7, 11) is 0. The van der Waals surface area contributed by atoms with Crippen molar-refractivity contribution in [2.75, 3.05) is 5.32 Å². The second kappa shape index (κ2) is 6.86. The molecule has 0 saturated heterocycles. The number of anilines is 1. The van der Waals surface area contributed by atoms with E-state index in [0.29, 0.717) is 0 Å². The molecule has 2 aromatic rings. The van der Waals surface area contributed by atoms with Crippen LogP contribution < -0.4 is 5.32 Å². The molecule has 4 nitrogen and oxygen atoms in total. The van der Waals surface area contributed by atoms with E-state index in [-0.39, 0.29) is 11.5 Å². The summed E-state index contributed by atoms with van der Waals surface area (Å²) in [6.07, 6.45) is 7.58. The van der Waals surface area contributed by atoms with Crippen LogP contribution in [-0.4, -0.2) is 15.0 Å². The monoisotopic (exact) mass is 298 g/mol. The zero-order valence-corrected chi connectivity index (χ0v) is 14.2. The molecule has 2 aromatic heterocycles. The lowest BCUT2D eigenvalue weighted by Crippen LogP contribution is -2.20. The first-order chi connectivity index (χ1) is 10.4. The molecule has 0 aromatic carbocycles. The fourth-order valence-electron chi connectivity index (χ4n) is 2.49. The Morgan fingerprint density at radius 1 is 1.23 bits per heavy atom. The van der Waals surface area contributed by atoms with Crippen LogP contribution in [0, 0.1) is 12.3 Å². The van der Waals surface area contributed by atoms with E-state index in [1.807, 2.05) is 31.6 Å². The van der Waals surface area contributed by atoms with Crippen molar-refractivity contribution in [3.8, 4) is 0 Å². The van der Waals surface area contributed by atoms with Gasteiger partial charge in [-0.25, -0.2) is 9.97 Å². The molecule has 1 N–H and O–H groups in total. The first-order valence-corrected chi connectivity index (χ1v) is 7.88. The number of hydrogen-bond acceptors (Lipinski definition) is 4. The highest BCUT2D eigenvalue weighted by Crippen LogP contribution is 2.32. The molecule has 2 rings (SSSR count). The SMILES string of the molecule is CCc1cnc(C)nc1NC(CC(C)(C)C)c1cccnc1. The molecule has 0 saturated carbocycles. The lowest BCUT2D eigenvalue weighted by Gasteiger charge is -2.28. The quantitative estimate of drug-likeness (QED) is 0.892. The lowest BCUT2D eigenvalue weighted by molar-refractivity contribution is 0.352. The Labute approximate surface area is 133 Å². The fourth-order valence-corrected chi connectivity index (χ4v) is 2.49. The van der Waals surface area contributed by atoms with Gasteiger partial charge in [0.25, 0.3) is 0 Å². The number of aryl methyl sites for hydroxylation is 2. The lowest BCUT2D eigenvalue weighted by atomic mass is 9.86. The molecule has 0 spiro atoms. The van der Waals surface area contributed by atoms with Crippen molar-refractivity contribution in [3.63, 3.8) is 0 Å². The number of pyridine rings is 1. The van der Waals surface area contributed by atoms with Crippen LogP contribution in [0.2, 0.25) is 0 Å². The summed E-state index contributed by atoms with van der Waals surface area (Å²) >= 11 is 0. The number of rotatable bonds is 5. The van der Waals surface area contributed by atoms with Crippen molar-refractivity contribution in [2.24, 2.45) is 5.41 Å². The first-order valence-electron chi connectivity index (χ1n) is 7.88. The molecule has 2 heterocycles. The van der Waals surface area contributed by atoms with Gasteiger partial charge in [0.2, 0.25) is 0 Å². The average molecular weight is 298 g/mol. The summed E-state index contributed by atoms with van der Waals surface area (Å²) < 4.78 is 0. The van der Waals surface area contributed by atoms with Gasteiger partial charge >= 0.3 is 0 Å². The van der Waals surface area contributed by atoms with Crippen LogP contribution in [0.5, 0.6) is 0 Å². The van der Waals surface area contributed by atoms with Gasteiger partial charge in [-0.1, -0.05) is 33.8 Å². The van der Waals surface area contributed by atoms with E-state index in [2.05, 4.69) is 54.0 Å². The Morgan fingerprint density at radius 3 is 2.59 bits per heavy atom. The zero-order valence-electron chi connectivity index (χ0n) is 14.2. The van der Waals surface area contributed by atoms with E-state index in [1.165, 1.54) is 5.56 Å². The molecule has 1 atom stereocenters. The Hall–Kier alpha value is -1.97. The second-order valence-electron chi connectivity index (χ2n) is 6.89. The maximum Gasteiger partial charge on any atom is 0.133 e. The van der Waals surface area contributed by atoms with Crippen molar-refractivity contribution in [1.29, 1.82) is 0 Å². The van der Waals surface area contributed by atoms with Crippen molar-refractivity contribution in [2.45, 2.75) is 53.5 Å². The van der Waals surface area contributed by atoms with E-state index < -0.39 is 0 Å². The third-order valence-electron chi connectivity index (χ3n) is 3.58. The Kier molecular flexibility index (Phi) is 5.11. The van der Waals surface area contributed by atoms with Gasteiger partial charge in [-0.15, -0.1) is 0 Å². The second-order valence-corrected chi connectivity index (χ2v) is 6.89. The van der Waals surface area contributed by atoms with Gasteiger partial charge in [0.15, 0.2) is 0 Å². The summed E-state index contributed by atoms with van der Waals surface area (Å²) in [4.78, 5) is 13.2. The Morgan fingerprint density at radius 2 is 2.00 bits per heavy atom.